The number of hydrogen-bond acceptors (Lipinski definition) is 3. The summed E-state index contributed by atoms with van der Waals surface area (Å²) in [5.41, 5.74) is 1.49. The Morgan fingerprint density at radius 2 is 1.77 bits per heavy atom. The number of hydrogen-bond donors (Lipinski definition) is 1. The Morgan fingerprint density at radius 1 is 1.18 bits per heavy atom. The number of benzene rings is 1. The Labute approximate surface area is 130 Å². The molecule has 5 heteroatoms. The van der Waals surface area contributed by atoms with Gasteiger partial charge in [0, 0.05) is 19.0 Å². The van der Waals surface area contributed by atoms with E-state index in [2.05, 4.69) is 0 Å². The van der Waals surface area contributed by atoms with Crippen LogP contribution in [0.3, 0.4) is 0 Å². The summed E-state index contributed by atoms with van der Waals surface area (Å²) in [4.78, 5) is 25.2. The molecule has 0 unspecified atom stereocenters. The van der Waals surface area contributed by atoms with Crippen LogP contribution >= 0.6 is 0 Å². The van der Waals surface area contributed by atoms with E-state index in [1.165, 1.54) is 4.90 Å². The highest BCUT2D eigenvalue weighted by Crippen LogP contribution is 2.33. The molecule has 1 aromatic rings. The zero-order chi connectivity index (χ0) is 16.5. The number of nitrogens with zero attached hydrogens (tertiary/aromatic N) is 1. The molecule has 2 atom stereocenters. The van der Waals surface area contributed by atoms with Gasteiger partial charge in [0.1, 0.15) is 5.60 Å². The molecule has 1 aliphatic rings. The van der Waals surface area contributed by atoms with Crippen molar-refractivity contribution in [1.82, 2.24) is 4.90 Å². The van der Waals surface area contributed by atoms with Gasteiger partial charge in [-0.3, -0.25) is 4.79 Å². The van der Waals surface area contributed by atoms with Gasteiger partial charge in [-0.05, 0) is 33.3 Å². The number of carbonyl (C=O) groups excluding carboxylic acids is 1. The fourth-order valence-corrected chi connectivity index (χ4v) is 2.68. The topological polar surface area (TPSA) is 66.8 Å². The van der Waals surface area contributed by atoms with Gasteiger partial charge in [-0.2, -0.15) is 0 Å². The number of carboxylic acid groups (broad SMARTS) is 1. The van der Waals surface area contributed by atoms with Crippen molar-refractivity contribution in [2.75, 3.05) is 13.1 Å². The van der Waals surface area contributed by atoms with Gasteiger partial charge >= 0.3 is 12.1 Å². The van der Waals surface area contributed by atoms with Crippen molar-refractivity contribution in [3.05, 3.63) is 35.4 Å². The van der Waals surface area contributed by atoms with Crippen LogP contribution in [-0.4, -0.2) is 40.8 Å². The minimum Gasteiger partial charge on any atom is -0.481 e. The van der Waals surface area contributed by atoms with E-state index in [1.54, 1.807) is 20.8 Å². The van der Waals surface area contributed by atoms with Crippen LogP contribution in [0.1, 0.15) is 37.8 Å². The number of rotatable bonds is 2. The van der Waals surface area contributed by atoms with Crippen LogP contribution in [0.2, 0.25) is 0 Å². The molecule has 1 N–H and O–H groups in total. The predicted octanol–water partition coefficient (Wildman–Crippen LogP) is 3.03. The third-order valence-electron chi connectivity index (χ3n) is 3.79. The predicted molar refractivity (Wildman–Crippen MR) is 82.9 cm³/mol. The Kier molecular flexibility index (Phi) is 4.44. The van der Waals surface area contributed by atoms with Gasteiger partial charge < -0.3 is 14.7 Å². The van der Waals surface area contributed by atoms with E-state index in [9.17, 15) is 14.7 Å². The number of carbonyl (C=O) groups is 2. The van der Waals surface area contributed by atoms with Crippen molar-refractivity contribution in [3.8, 4) is 0 Å². The third-order valence-corrected chi connectivity index (χ3v) is 3.79. The first-order valence-corrected chi connectivity index (χ1v) is 7.44. The van der Waals surface area contributed by atoms with Crippen LogP contribution in [0.25, 0.3) is 0 Å². The van der Waals surface area contributed by atoms with Crippen molar-refractivity contribution in [1.29, 1.82) is 0 Å². The van der Waals surface area contributed by atoms with Crippen LogP contribution in [0, 0.1) is 12.8 Å². The van der Waals surface area contributed by atoms with E-state index < -0.39 is 23.6 Å². The smallest absolute Gasteiger partial charge is 0.410 e. The molecule has 0 radical (unpaired) electrons. The number of likely N-dealkylation sites (tertiary alicyclic amines) is 1. The summed E-state index contributed by atoms with van der Waals surface area (Å²) in [5.74, 6) is -1.68. The average molecular weight is 305 g/mol. The number of carboxylic acids is 1. The Balaban J connectivity index is 2.18. The number of aliphatic carboxylic acids is 1. The minimum absolute atomic E-state index is 0.183. The zero-order valence-electron chi connectivity index (χ0n) is 13.5. The second-order valence-electron chi connectivity index (χ2n) is 6.85. The zero-order valence-corrected chi connectivity index (χ0v) is 13.5. The largest absolute Gasteiger partial charge is 0.481 e. The molecule has 1 saturated heterocycles. The molecular weight excluding hydrogens is 282 g/mol. The first kappa shape index (κ1) is 16.3. The molecule has 1 fully saturated rings. The first-order chi connectivity index (χ1) is 10.2. The summed E-state index contributed by atoms with van der Waals surface area (Å²) < 4.78 is 5.35. The molecule has 0 aromatic heterocycles. The summed E-state index contributed by atoms with van der Waals surface area (Å²) in [6, 6.07) is 7.80. The highest BCUT2D eigenvalue weighted by Gasteiger charge is 2.41. The van der Waals surface area contributed by atoms with Crippen LogP contribution < -0.4 is 0 Å². The van der Waals surface area contributed by atoms with Gasteiger partial charge in [-0.25, -0.2) is 4.79 Å². The quantitative estimate of drug-likeness (QED) is 0.912. The minimum atomic E-state index is -0.878. The average Bonchev–Trinajstić information content (AvgIpc) is 2.83. The molecular formula is C17H23NO4. The highest BCUT2D eigenvalue weighted by molar-refractivity contribution is 5.76. The van der Waals surface area contributed by atoms with Crippen LogP contribution in [0.4, 0.5) is 4.79 Å². The van der Waals surface area contributed by atoms with Crippen molar-refractivity contribution in [2.24, 2.45) is 5.92 Å². The molecule has 1 amide bonds. The van der Waals surface area contributed by atoms with Crippen LogP contribution in [0.5, 0.6) is 0 Å². The molecule has 1 heterocycles. The van der Waals surface area contributed by atoms with Crippen LogP contribution in [-0.2, 0) is 9.53 Å². The Morgan fingerprint density at radius 3 is 2.27 bits per heavy atom. The van der Waals surface area contributed by atoms with E-state index in [-0.39, 0.29) is 12.5 Å². The van der Waals surface area contributed by atoms with Gasteiger partial charge in [-0.1, -0.05) is 29.8 Å². The first-order valence-electron chi connectivity index (χ1n) is 7.44. The Hall–Kier alpha value is -2.04. The SMILES string of the molecule is Cc1ccc([C@H]2CN(C(=O)OC(C)(C)C)C[C@@H]2C(=O)O)cc1. The van der Waals surface area contributed by atoms with Crippen molar-refractivity contribution < 1.29 is 19.4 Å². The highest BCUT2D eigenvalue weighted by atomic mass is 16.6. The Bertz CT molecular complexity index is 559. The van der Waals surface area contributed by atoms with Gasteiger partial charge in [0.15, 0.2) is 0 Å². The maximum atomic E-state index is 12.2. The van der Waals surface area contributed by atoms with Gasteiger partial charge in [0.05, 0.1) is 5.92 Å². The standard InChI is InChI=1S/C17H23NO4/c1-11-5-7-12(8-6-11)13-9-18(10-14(13)15(19)20)16(21)22-17(2,3)4/h5-8,13-14H,9-10H2,1-4H3,(H,19,20)/t13-,14+/m1/s1. The summed E-state index contributed by atoms with van der Waals surface area (Å²) in [6.45, 7) is 7.94. The summed E-state index contributed by atoms with van der Waals surface area (Å²) in [5, 5.41) is 9.45. The molecule has 22 heavy (non-hydrogen) atoms. The van der Waals surface area contributed by atoms with Crippen LogP contribution in [0.15, 0.2) is 24.3 Å². The molecule has 1 aliphatic heterocycles. The molecule has 0 bridgehead atoms. The second-order valence-corrected chi connectivity index (χ2v) is 6.85. The third kappa shape index (κ3) is 3.78. The molecule has 5 nitrogen and oxygen atoms in total. The lowest BCUT2D eigenvalue weighted by atomic mass is 9.89. The second kappa shape index (κ2) is 5.99. The normalized spacial score (nSPS) is 21.7. The monoisotopic (exact) mass is 305 g/mol. The fourth-order valence-electron chi connectivity index (χ4n) is 2.68. The molecule has 0 saturated carbocycles. The number of aryl methyl sites for hydroxylation is 1. The lowest BCUT2D eigenvalue weighted by Crippen LogP contribution is -2.35. The summed E-state index contributed by atoms with van der Waals surface area (Å²) in [7, 11) is 0. The lowest BCUT2D eigenvalue weighted by molar-refractivity contribution is -0.141. The van der Waals surface area contributed by atoms with Gasteiger partial charge in [-0.15, -0.1) is 0 Å². The van der Waals surface area contributed by atoms with Crippen molar-refractivity contribution in [2.45, 2.75) is 39.2 Å². The van der Waals surface area contributed by atoms with E-state index in [4.69, 9.17) is 4.74 Å². The molecule has 1 aromatic carbocycles. The van der Waals surface area contributed by atoms with E-state index in [1.807, 2.05) is 31.2 Å². The summed E-state index contributed by atoms with van der Waals surface area (Å²) >= 11 is 0. The number of amides is 1. The maximum absolute atomic E-state index is 12.2. The van der Waals surface area contributed by atoms with Crippen molar-refractivity contribution >= 4 is 12.1 Å². The van der Waals surface area contributed by atoms with Gasteiger partial charge in [0.2, 0.25) is 0 Å². The molecule has 0 spiro atoms. The fraction of sp³-hybridized carbons (Fsp3) is 0.529. The lowest BCUT2D eigenvalue weighted by Gasteiger charge is -2.24. The van der Waals surface area contributed by atoms with E-state index >= 15 is 0 Å². The van der Waals surface area contributed by atoms with E-state index in [0.717, 1.165) is 11.1 Å². The van der Waals surface area contributed by atoms with Gasteiger partial charge in [0.25, 0.3) is 0 Å². The maximum Gasteiger partial charge on any atom is 0.410 e. The molecule has 2 rings (SSSR count). The van der Waals surface area contributed by atoms with Crippen molar-refractivity contribution in [3.63, 3.8) is 0 Å². The summed E-state index contributed by atoms with van der Waals surface area (Å²) in [6.07, 6.45) is -0.451. The van der Waals surface area contributed by atoms with E-state index in [0.29, 0.717) is 6.54 Å². The molecule has 0 aliphatic carbocycles. The molecule has 120 valence electrons. The number of ether oxygens (including phenoxy) is 1.